The first-order valence-electron chi connectivity index (χ1n) is 2.66. The molecule has 0 spiro atoms. The maximum absolute atomic E-state index is 10.8. The lowest BCUT2D eigenvalue weighted by Crippen LogP contribution is -2.13. The van der Waals surface area contributed by atoms with Gasteiger partial charge in [-0.2, -0.15) is 3.35 Å². The van der Waals surface area contributed by atoms with Gasteiger partial charge in [0.1, 0.15) is 0 Å². The molecule has 0 aliphatic rings. The number of nitrogens with zero attached hydrogens (tertiary/aromatic N) is 1. The highest BCUT2D eigenvalue weighted by Crippen LogP contribution is 2.18. The van der Waals surface area contributed by atoms with Gasteiger partial charge in [-0.1, -0.05) is 0 Å². The van der Waals surface area contributed by atoms with Crippen LogP contribution in [0.15, 0.2) is 0 Å². The SMILES string of the molecule is NC(=O)CCC(=O)n1ss1. The minimum atomic E-state index is -0.426. The van der Waals surface area contributed by atoms with Gasteiger partial charge in [0.2, 0.25) is 5.91 Å². The second kappa shape index (κ2) is 2.98. The van der Waals surface area contributed by atoms with E-state index in [2.05, 4.69) is 0 Å². The molecule has 1 heterocycles. The Morgan fingerprint density at radius 2 is 1.90 bits per heavy atom. The van der Waals surface area contributed by atoms with E-state index in [9.17, 15) is 9.59 Å². The Labute approximate surface area is 64.9 Å². The van der Waals surface area contributed by atoms with E-state index < -0.39 is 5.91 Å². The molecule has 0 aromatic carbocycles. The summed E-state index contributed by atoms with van der Waals surface area (Å²) in [4.78, 5) is 21.0. The summed E-state index contributed by atoms with van der Waals surface area (Å²) in [5.41, 5.74) is 4.84. The third-order valence-electron chi connectivity index (χ3n) is 0.938. The van der Waals surface area contributed by atoms with Crippen molar-refractivity contribution in [2.45, 2.75) is 12.8 Å². The van der Waals surface area contributed by atoms with Crippen molar-refractivity contribution in [2.24, 2.45) is 5.73 Å². The minimum absolute atomic E-state index is 0.0335. The Morgan fingerprint density at radius 1 is 1.30 bits per heavy atom. The van der Waals surface area contributed by atoms with E-state index in [4.69, 9.17) is 5.73 Å². The fourth-order valence-electron chi connectivity index (χ4n) is 0.421. The number of primary amides is 1. The second-order valence-corrected chi connectivity index (χ2v) is 3.92. The third-order valence-corrected chi connectivity index (χ3v) is 2.54. The molecule has 2 N–H and O–H groups in total. The Bertz CT molecular complexity index is 226. The first-order valence-corrected chi connectivity index (χ1v) is 4.72. The van der Waals surface area contributed by atoms with Gasteiger partial charge in [-0.15, -0.1) is 0 Å². The molecule has 0 saturated heterocycles. The summed E-state index contributed by atoms with van der Waals surface area (Å²) in [5, 5.41) is 0. The number of hydrogen-bond donors (Lipinski definition) is 1. The number of aromatic nitrogens is 1. The van der Waals surface area contributed by atoms with E-state index in [1.807, 2.05) is 0 Å². The van der Waals surface area contributed by atoms with E-state index in [0.29, 0.717) is 0 Å². The molecule has 1 aromatic rings. The largest absolute Gasteiger partial charge is 0.370 e. The fourth-order valence-corrected chi connectivity index (χ4v) is 1.40. The lowest BCUT2D eigenvalue weighted by molar-refractivity contribution is -0.118. The molecule has 0 aliphatic carbocycles. The first kappa shape index (κ1) is 7.49. The molecule has 6 heteroatoms. The van der Waals surface area contributed by atoms with Gasteiger partial charge in [0, 0.05) is 33.9 Å². The van der Waals surface area contributed by atoms with E-state index in [1.165, 1.54) is 24.4 Å². The molecular formula is C4H6N2O2S2. The van der Waals surface area contributed by atoms with Crippen molar-refractivity contribution in [3.63, 3.8) is 0 Å². The summed E-state index contributed by atoms with van der Waals surface area (Å²) < 4.78 is 1.52. The average molecular weight is 178 g/mol. The van der Waals surface area contributed by atoms with Crippen LogP contribution in [-0.4, -0.2) is 15.2 Å². The van der Waals surface area contributed by atoms with Gasteiger partial charge in [0.15, 0.2) is 0 Å². The normalized spacial score (nSPS) is 10.0. The number of carbonyl (C=O) groups is 2. The first-order chi connectivity index (χ1) is 4.70. The Balaban J connectivity index is 2.21. The summed E-state index contributed by atoms with van der Waals surface area (Å²) >= 11 is 0. The molecule has 1 aromatic heterocycles. The molecule has 0 atom stereocenters. The van der Waals surface area contributed by atoms with E-state index >= 15 is 0 Å². The van der Waals surface area contributed by atoms with Crippen LogP contribution in [0, 0.1) is 0 Å². The summed E-state index contributed by atoms with van der Waals surface area (Å²) in [6.45, 7) is 0. The van der Waals surface area contributed by atoms with E-state index in [0.717, 1.165) is 0 Å². The van der Waals surface area contributed by atoms with Crippen molar-refractivity contribution in [3.8, 4) is 0 Å². The van der Waals surface area contributed by atoms with Crippen molar-refractivity contribution >= 4 is 32.9 Å². The van der Waals surface area contributed by atoms with E-state index in [1.54, 1.807) is 0 Å². The van der Waals surface area contributed by atoms with Gasteiger partial charge < -0.3 is 5.73 Å². The smallest absolute Gasteiger partial charge is 0.251 e. The zero-order valence-electron chi connectivity index (χ0n) is 5.07. The van der Waals surface area contributed by atoms with E-state index in [-0.39, 0.29) is 18.7 Å². The van der Waals surface area contributed by atoms with Crippen LogP contribution >= 0.6 is 21.1 Å². The maximum Gasteiger partial charge on any atom is 0.251 e. The standard InChI is InChI=1S/C4H6N2O2S2/c5-3(7)1-2-4(8)6-9-10-6/h1-2H2,(H2,5,7). The second-order valence-electron chi connectivity index (χ2n) is 1.77. The Kier molecular flexibility index (Phi) is 2.23. The van der Waals surface area contributed by atoms with Crippen molar-refractivity contribution in [1.82, 2.24) is 3.35 Å². The Morgan fingerprint density at radius 3 is 2.30 bits per heavy atom. The molecule has 1 rings (SSSR count). The highest BCUT2D eigenvalue weighted by Gasteiger charge is 2.10. The summed E-state index contributed by atoms with van der Waals surface area (Å²) in [6, 6.07) is 0. The van der Waals surface area contributed by atoms with Gasteiger partial charge in [0.05, 0.1) is 0 Å². The molecular weight excluding hydrogens is 172 g/mol. The molecule has 4 nitrogen and oxygen atoms in total. The van der Waals surface area contributed by atoms with Crippen molar-refractivity contribution in [2.75, 3.05) is 0 Å². The number of rotatable bonds is 3. The highest BCUT2D eigenvalue weighted by molar-refractivity contribution is 7.77. The zero-order valence-corrected chi connectivity index (χ0v) is 6.70. The number of nitrogens with two attached hydrogens (primary N) is 1. The van der Waals surface area contributed by atoms with Crippen LogP contribution in [0.2, 0.25) is 0 Å². The average Bonchev–Trinajstić information content (AvgIpc) is 2.63. The van der Waals surface area contributed by atoms with Gasteiger partial charge in [-0.3, -0.25) is 9.59 Å². The monoisotopic (exact) mass is 178 g/mol. The molecule has 56 valence electrons. The lowest BCUT2D eigenvalue weighted by atomic mass is 10.3. The molecule has 0 unspecified atom stereocenters. The van der Waals surface area contributed by atoms with Gasteiger partial charge in [-0.05, 0) is 0 Å². The van der Waals surface area contributed by atoms with Crippen LogP contribution in [-0.2, 0) is 4.79 Å². The maximum atomic E-state index is 10.8. The molecule has 0 saturated carbocycles. The molecule has 0 fully saturated rings. The molecule has 0 aliphatic heterocycles. The number of amides is 1. The molecule has 0 radical (unpaired) electrons. The number of carbonyl (C=O) groups excluding carboxylic acids is 2. The van der Waals surface area contributed by atoms with Crippen LogP contribution in [0.1, 0.15) is 17.6 Å². The Hall–Kier alpha value is -0.620. The van der Waals surface area contributed by atoms with Crippen LogP contribution < -0.4 is 5.73 Å². The van der Waals surface area contributed by atoms with Crippen LogP contribution in [0.4, 0.5) is 0 Å². The quantitative estimate of drug-likeness (QED) is 0.685. The fraction of sp³-hybridized carbons (Fsp3) is 0.500. The highest BCUT2D eigenvalue weighted by atomic mass is 33.0. The molecule has 1 amide bonds. The van der Waals surface area contributed by atoms with Crippen LogP contribution in [0.25, 0.3) is 0 Å². The van der Waals surface area contributed by atoms with Crippen molar-refractivity contribution in [1.29, 1.82) is 0 Å². The van der Waals surface area contributed by atoms with Gasteiger partial charge in [-0.25, -0.2) is 0 Å². The molecule has 0 bridgehead atoms. The topological polar surface area (TPSA) is 65.1 Å². The van der Waals surface area contributed by atoms with Gasteiger partial charge >= 0.3 is 0 Å². The summed E-state index contributed by atoms with van der Waals surface area (Å²) in [6.07, 6.45) is 0.381. The van der Waals surface area contributed by atoms with Crippen LogP contribution in [0.5, 0.6) is 0 Å². The zero-order chi connectivity index (χ0) is 7.56. The predicted molar refractivity (Wildman–Crippen MR) is 39.2 cm³/mol. The summed E-state index contributed by atoms with van der Waals surface area (Å²) in [5.74, 6) is -0.459. The van der Waals surface area contributed by atoms with Gasteiger partial charge in [0.25, 0.3) is 5.91 Å². The van der Waals surface area contributed by atoms with Crippen LogP contribution in [0.3, 0.4) is 0 Å². The molecule has 10 heavy (non-hydrogen) atoms. The lowest BCUT2D eigenvalue weighted by Gasteiger charge is -1.89. The minimum Gasteiger partial charge on any atom is -0.370 e. The predicted octanol–water partition coefficient (Wildman–Crippen LogP) is 0.517. The number of hydrogen-bond acceptors (Lipinski definition) is 4. The van der Waals surface area contributed by atoms with Crippen molar-refractivity contribution in [3.05, 3.63) is 0 Å². The summed E-state index contributed by atoms with van der Waals surface area (Å²) in [7, 11) is 2.75. The van der Waals surface area contributed by atoms with Crippen molar-refractivity contribution < 1.29 is 9.59 Å². The third kappa shape index (κ3) is 2.32.